The number of unbranched alkanes of at least 4 members (excludes halogenated alkanes) is 1. The maximum absolute atomic E-state index is 13.8. The average Bonchev–Trinajstić information content (AvgIpc) is 3.38. The third-order valence-electron chi connectivity index (χ3n) is 7.29. The number of fused-ring (bicyclic) bond motifs is 3. The van der Waals surface area contributed by atoms with Crippen LogP contribution in [-0.4, -0.2) is 67.8 Å². The number of rotatable bonds is 7. The van der Waals surface area contributed by atoms with Crippen molar-refractivity contribution in [1.29, 1.82) is 0 Å². The molecule has 0 bridgehead atoms. The molecular formula is C30H33NO9S3. The number of nitrogens with zero attached hydrogens (tertiary/aromatic N) is 1. The largest absolute Gasteiger partial charge is 0.466 e. The Morgan fingerprint density at radius 3 is 1.86 bits per heavy atom. The Morgan fingerprint density at radius 1 is 0.814 bits per heavy atom. The van der Waals surface area contributed by atoms with E-state index in [1.165, 1.54) is 28.4 Å². The summed E-state index contributed by atoms with van der Waals surface area (Å²) in [5.74, 6) is -3.37. The fourth-order valence-corrected chi connectivity index (χ4v) is 10.4. The van der Waals surface area contributed by atoms with Gasteiger partial charge in [0.05, 0.1) is 45.2 Å². The van der Waals surface area contributed by atoms with E-state index < -0.39 is 33.5 Å². The maximum atomic E-state index is 13.8. The first-order valence-corrected chi connectivity index (χ1v) is 15.9. The zero-order chi connectivity index (χ0) is 31.9. The van der Waals surface area contributed by atoms with Gasteiger partial charge < -0.3 is 23.8 Å². The number of aryl methyl sites for hydroxylation is 1. The lowest BCUT2D eigenvalue weighted by molar-refractivity contribution is -0.138. The van der Waals surface area contributed by atoms with Crippen molar-refractivity contribution in [1.82, 2.24) is 0 Å². The molecule has 10 nitrogen and oxygen atoms in total. The normalized spacial score (nSPS) is 18.3. The molecule has 0 aliphatic carbocycles. The third kappa shape index (κ3) is 5.29. The molecule has 43 heavy (non-hydrogen) atoms. The second-order valence-corrected chi connectivity index (χ2v) is 14.1. The Kier molecular flexibility index (Phi) is 9.48. The van der Waals surface area contributed by atoms with Gasteiger partial charge in [-0.25, -0.2) is 19.2 Å². The van der Waals surface area contributed by atoms with Crippen molar-refractivity contribution in [2.45, 2.75) is 56.6 Å². The average molecular weight is 648 g/mol. The van der Waals surface area contributed by atoms with Crippen molar-refractivity contribution < 1.29 is 42.9 Å². The van der Waals surface area contributed by atoms with E-state index in [4.69, 9.17) is 18.9 Å². The first-order valence-electron chi connectivity index (χ1n) is 13.4. The molecule has 3 aliphatic heterocycles. The third-order valence-corrected chi connectivity index (χ3v) is 11.9. The lowest BCUT2D eigenvalue weighted by atomic mass is 9.82. The van der Waals surface area contributed by atoms with Crippen LogP contribution in [0.4, 0.5) is 5.69 Å². The van der Waals surface area contributed by atoms with Gasteiger partial charge in [-0.2, -0.15) is 0 Å². The standard InChI is InChI=1S/C30H33NO9S3/c1-9-10-11-18(32)31-17-13-12-15(2)14-16(17)19-24(29(31,3)4)41-21(26(34)38-6)20(25(33)37-5)30(19)42-22(27(35)39-7)23(43-30)28(36)40-8/h12-14H,9-11H2,1-8H3. The number of ether oxygens (including phenoxy) is 4. The second-order valence-electron chi connectivity index (χ2n) is 10.4. The van der Waals surface area contributed by atoms with Crippen LogP contribution in [-0.2, 0) is 42.9 Å². The van der Waals surface area contributed by atoms with Gasteiger partial charge in [-0.3, -0.25) is 4.79 Å². The van der Waals surface area contributed by atoms with Gasteiger partial charge in [0.15, 0.2) is 0 Å². The fourth-order valence-electron chi connectivity index (χ4n) is 5.32. The number of benzene rings is 1. The van der Waals surface area contributed by atoms with Crippen LogP contribution < -0.4 is 4.90 Å². The second kappa shape index (κ2) is 12.4. The molecule has 1 aromatic carbocycles. The molecule has 0 radical (unpaired) electrons. The van der Waals surface area contributed by atoms with Crippen LogP contribution >= 0.6 is 35.3 Å². The van der Waals surface area contributed by atoms with E-state index in [0.29, 0.717) is 34.6 Å². The van der Waals surface area contributed by atoms with Crippen molar-refractivity contribution in [3.8, 4) is 0 Å². The summed E-state index contributed by atoms with van der Waals surface area (Å²) in [6.45, 7) is 7.64. The summed E-state index contributed by atoms with van der Waals surface area (Å²) in [7, 11) is 4.74. The summed E-state index contributed by atoms with van der Waals surface area (Å²) in [5, 5.41) is 0. The van der Waals surface area contributed by atoms with E-state index in [9.17, 15) is 24.0 Å². The smallest absolute Gasteiger partial charge is 0.345 e. The SMILES string of the molecule is CCCCC(=O)N1c2ccc(C)cc2C2=C(SC(C(=O)OC)=C(C(=O)OC)C23SC(C(=O)OC)=C(C(=O)OC)S3)C1(C)C. The molecule has 0 aromatic heterocycles. The van der Waals surface area contributed by atoms with Crippen LogP contribution in [0.3, 0.4) is 0 Å². The van der Waals surface area contributed by atoms with Gasteiger partial charge in [0, 0.05) is 22.5 Å². The lowest BCUT2D eigenvalue weighted by Crippen LogP contribution is -2.53. The first-order chi connectivity index (χ1) is 20.3. The number of carbonyl (C=O) groups is 5. The van der Waals surface area contributed by atoms with E-state index >= 15 is 0 Å². The van der Waals surface area contributed by atoms with E-state index in [2.05, 4.69) is 0 Å². The molecule has 3 aliphatic rings. The predicted octanol–water partition coefficient (Wildman–Crippen LogP) is 5.10. The lowest BCUT2D eigenvalue weighted by Gasteiger charge is -2.51. The molecule has 0 N–H and O–H groups in total. The van der Waals surface area contributed by atoms with Crippen LogP contribution in [0.1, 0.15) is 51.2 Å². The zero-order valence-corrected chi connectivity index (χ0v) is 27.6. The van der Waals surface area contributed by atoms with Gasteiger partial charge in [0.1, 0.15) is 18.8 Å². The molecule has 0 atom stereocenters. The summed E-state index contributed by atoms with van der Waals surface area (Å²) < 4.78 is 18.8. The Morgan fingerprint density at radius 2 is 1.35 bits per heavy atom. The highest BCUT2D eigenvalue weighted by Gasteiger charge is 2.61. The van der Waals surface area contributed by atoms with Gasteiger partial charge in [-0.05, 0) is 39.3 Å². The highest BCUT2D eigenvalue weighted by Crippen LogP contribution is 2.71. The number of hydrogen-bond donors (Lipinski definition) is 0. The number of amides is 1. The quantitative estimate of drug-likeness (QED) is 0.289. The van der Waals surface area contributed by atoms with Gasteiger partial charge in [-0.1, -0.05) is 60.3 Å². The Hall–Kier alpha value is -3.16. The number of carbonyl (C=O) groups excluding carboxylic acids is 5. The van der Waals surface area contributed by atoms with E-state index in [-0.39, 0.29) is 26.2 Å². The summed E-state index contributed by atoms with van der Waals surface area (Å²) in [5.41, 5.74) is 1.53. The molecule has 1 spiro atoms. The molecule has 1 aromatic rings. The van der Waals surface area contributed by atoms with E-state index in [1.54, 1.807) is 4.90 Å². The van der Waals surface area contributed by atoms with Crippen LogP contribution in [0.5, 0.6) is 0 Å². The Bertz CT molecular complexity index is 1490. The van der Waals surface area contributed by atoms with Crippen LogP contribution in [0, 0.1) is 6.92 Å². The van der Waals surface area contributed by atoms with Crippen LogP contribution in [0.15, 0.2) is 43.4 Å². The Balaban J connectivity index is 2.15. The number of thioether (sulfide) groups is 3. The van der Waals surface area contributed by atoms with E-state index in [1.807, 2.05) is 45.9 Å². The minimum atomic E-state index is -1.59. The fraction of sp³-hybridized carbons (Fsp3) is 0.433. The topological polar surface area (TPSA) is 126 Å². The number of methoxy groups -OCH3 is 4. The molecule has 3 heterocycles. The molecule has 1 amide bonds. The molecule has 230 valence electrons. The summed E-state index contributed by atoms with van der Waals surface area (Å²) in [6.07, 6.45) is 1.83. The van der Waals surface area contributed by atoms with Crippen LogP contribution in [0.2, 0.25) is 0 Å². The first kappa shape index (κ1) is 32.7. The predicted molar refractivity (Wildman–Crippen MR) is 167 cm³/mol. The highest BCUT2D eigenvalue weighted by molar-refractivity contribution is 8.26. The molecule has 0 unspecified atom stereocenters. The molecular weight excluding hydrogens is 615 g/mol. The molecule has 0 saturated carbocycles. The van der Waals surface area contributed by atoms with E-state index in [0.717, 1.165) is 47.3 Å². The number of anilines is 1. The molecule has 0 saturated heterocycles. The monoisotopic (exact) mass is 647 g/mol. The summed E-state index contributed by atoms with van der Waals surface area (Å²) in [4.78, 5) is 69.2. The minimum Gasteiger partial charge on any atom is -0.466 e. The Labute approximate surface area is 262 Å². The molecule has 0 fully saturated rings. The summed E-state index contributed by atoms with van der Waals surface area (Å²) in [6, 6.07) is 5.65. The van der Waals surface area contributed by atoms with Crippen molar-refractivity contribution in [2.24, 2.45) is 0 Å². The number of esters is 4. The van der Waals surface area contributed by atoms with Crippen LogP contribution in [0.25, 0.3) is 5.57 Å². The van der Waals surface area contributed by atoms with Gasteiger partial charge in [-0.15, -0.1) is 0 Å². The van der Waals surface area contributed by atoms with Crippen molar-refractivity contribution in [2.75, 3.05) is 33.3 Å². The van der Waals surface area contributed by atoms with Crippen molar-refractivity contribution >= 4 is 76.3 Å². The van der Waals surface area contributed by atoms with Gasteiger partial charge in [0.25, 0.3) is 0 Å². The molecule has 4 rings (SSSR count). The maximum Gasteiger partial charge on any atom is 0.345 e. The van der Waals surface area contributed by atoms with Crippen molar-refractivity contribution in [3.63, 3.8) is 0 Å². The zero-order valence-electron chi connectivity index (χ0n) is 25.2. The summed E-state index contributed by atoms with van der Waals surface area (Å²) >= 11 is 2.84. The van der Waals surface area contributed by atoms with Gasteiger partial charge in [0.2, 0.25) is 5.91 Å². The van der Waals surface area contributed by atoms with Gasteiger partial charge >= 0.3 is 23.9 Å². The number of hydrogen-bond acceptors (Lipinski definition) is 12. The minimum absolute atomic E-state index is 0.0754. The highest BCUT2D eigenvalue weighted by atomic mass is 32.2. The van der Waals surface area contributed by atoms with Crippen molar-refractivity contribution in [3.05, 3.63) is 54.5 Å². The molecule has 13 heteroatoms.